The monoisotopic (exact) mass is 1580 g/mol. The summed E-state index contributed by atoms with van der Waals surface area (Å²) in [5.41, 5.74) is 4.99. The second kappa shape index (κ2) is 33.8. The van der Waals surface area contributed by atoms with Gasteiger partial charge in [0.2, 0.25) is 20.0 Å². The van der Waals surface area contributed by atoms with Crippen LogP contribution in [0.4, 0.5) is 11.4 Å². The van der Waals surface area contributed by atoms with Crippen LogP contribution in [0.3, 0.4) is 0 Å². The fraction of sp³-hybridized carbons (Fsp3) is 0.631. The van der Waals surface area contributed by atoms with Gasteiger partial charge in [0.05, 0.1) is 54.3 Å². The number of piperidine rings is 1. The van der Waals surface area contributed by atoms with Crippen LogP contribution in [0.25, 0.3) is 0 Å². The Morgan fingerprint density at radius 1 is 0.587 bits per heavy atom. The van der Waals surface area contributed by atoms with Gasteiger partial charge in [0.25, 0.3) is 11.8 Å². The van der Waals surface area contributed by atoms with Crippen LogP contribution in [0.1, 0.15) is 162 Å². The summed E-state index contributed by atoms with van der Waals surface area (Å²) in [4.78, 5) is 52.3. The maximum atomic E-state index is 13.7. The predicted molar refractivity (Wildman–Crippen MR) is 426 cm³/mol. The number of rotatable bonds is 9. The third-order valence-corrected chi connectivity index (χ3v) is 31.0. The lowest BCUT2D eigenvalue weighted by atomic mass is 9.63. The van der Waals surface area contributed by atoms with Crippen molar-refractivity contribution in [3.63, 3.8) is 0 Å². The molecule has 4 aliphatic carbocycles. The van der Waals surface area contributed by atoms with E-state index < -0.39 is 53.6 Å². The summed E-state index contributed by atoms with van der Waals surface area (Å²) in [7, 11) is -7.94. The molecule has 25 heteroatoms. The van der Waals surface area contributed by atoms with Crippen molar-refractivity contribution in [3.8, 4) is 11.5 Å². The first-order valence-corrected chi connectivity index (χ1v) is 44.2. The molecular weight excluding hydrogens is 1460 g/mol. The Morgan fingerprint density at radius 3 is 1.56 bits per heavy atom. The smallest absolute Gasteiger partial charge is 0.264 e. The van der Waals surface area contributed by atoms with E-state index in [0.29, 0.717) is 75.6 Å². The molecule has 594 valence electrons. The number of aryl methyl sites for hydroxylation is 2. The molecule has 8 aliphatic heterocycles. The topological polar surface area (TPSA) is 227 Å². The maximum absolute atomic E-state index is 13.7. The van der Waals surface area contributed by atoms with Gasteiger partial charge in [0, 0.05) is 116 Å². The Kier molecular flexibility index (Phi) is 24.8. The summed E-state index contributed by atoms with van der Waals surface area (Å²) in [5.74, 6) is 0.304. The summed E-state index contributed by atoms with van der Waals surface area (Å²) in [6.45, 7) is 26.4. The van der Waals surface area contributed by atoms with E-state index in [1.807, 2.05) is 57.2 Å². The third-order valence-electron chi connectivity index (χ3n) is 26.7. The number of amides is 2. The molecule has 3 N–H and O–H groups in total. The molecule has 109 heavy (non-hydrogen) atoms. The lowest BCUT2D eigenvalue weighted by Gasteiger charge is -2.53. The molecule has 2 amide bonds. The van der Waals surface area contributed by atoms with Crippen molar-refractivity contribution in [2.24, 2.45) is 35.5 Å². The zero-order chi connectivity index (χ0) is 76.5. The summed E-state index contributed by atoms with van der Waals surface area (Å²) in [6, 6.07) is 24.3. The van der Waals surface area contributed by atoms with Gasteiger partial charge in [0.1, 0.15) is 36.2 Å². The summed E-state index contributed by atoms with van der Waals surface area (Å²) in [6.07, 6.45) is 22.5. The molecular formula is C84H114Cl2N8O13S2. The van der Waals surface area contributed by atoms with Gasteiger partial charge in [-0.2, -0.15) is 0 Å². The first-order chi connectivity index (χ1) is 52.5. The van der Waals surface area contributed by atoms with Gasteiger partial charge in [-0.3, -0.25) is 29.1 Å². The van der Waals surface area contributed by atoms with E-state index in [0.717, 1.165) is 176 Å². The maximum Gasteiger partial charge on any atom is 0.264 e. The van der Waals surface area contributed by atoms with Gasteiger partial charge in [-0.15, -0.1) is 0 Å². The molecule has 0 radical (unpaired) electrons. The van der Waals surface area contributed by atoms with E-state index in [-0.39, 0.29) is 46.0 Å². The minimum Gasteiger partial charge on any atom is -0.490 e. The van der Waals surface area contributed by atoms with Crippen molar-refractivity contribution >= 4 is 72.7 Å². The number of aldehydes is 1. The second-order valence-electron chi connectivity index (χ2n) is 33.4. The minimum absolute atomic E-state index is 0.0388. The molecule has 4 saturated heterocycles. The van der Waals surface area contributed by atoms with Crippen molar-refractivity contribution in [1.29, 1.82) is 0 Å². The molecule has 16 rings (SSSR count). The molecule has 12 aliphatic rings. The number of hydrogen-bond acceptors (Lipinski definition) is 19. The highest BCUT2D eigenvalue weighted by Crippen LogP contribution is 2.52. The van der Waals surface area contributed by atoms with Crippen molar-refractivity contribution in [3.05, 3.63) is 141 Å². The van der Waals surface area contributed by atoms with Crippen LogP contribution >= 0.6 is 23.2 Å². The number of anilines is 2. The number of benzene rings is 4. The Labute approximate surface area is 656 Å². The van der Waals surface area contributed by atoms with Crippen LogP contribution in [-0.4, -0.2) is 209 Å². The fourth-order valence-corrected chi connectivity index (χ4v) is 22.5. The zero-order valence-electron chi connectivity index (χ0n) is 64.5. The average Bonchev–Trinajstić information content (AvgIpc) is 1.71. The van der Waals surface area contributed by atoms with E-state index in [4.69, 9.17) is 51.6 Å². The van der Waals surface area contributed by atoms with Crippen LogP contribution in [0.15, 0.2) is 97.1 Å². The normalized spacial score (nSPS) is 33.4. The van der Waals surface area contributed by atoms with E-state index >= 15 is 0 Å². The van der Waals surface area contributed by atoms with Crippen molar-refractivity contribution in [2.75, 3.05) is 135 Å². The summed E-state index contributed by atoms with van der Waals surface area (Å²) < 4.78 is 95.8. The number of allylic oxidation sites excluding steroid dienone is 2. The van der Waals surface area contributed by atoms with Gasteiger partial charge >= 0.3 is 0 Å². The minimum atomic E-state index is -3.98. The second-order valence-corrected chi connectivity index (χ2v) is 38.3. The predicted octanol–water partition coefficient (Wildman–Crippen LogP) is 11.5. The van der Waals surface area contributed by atoms with Gasteiger partial charge in [-0.05, 0) is 249 Å². The lowest BCUT2D eigenvalue weighted by molar-refractivity contribution is -0.168. The molecule has 2 spiro atoms. The molecule has 21 nitrogen and oxygen atoms in total. The number of ether oxygens (including phenoxy) is 6. The van der Waals surface area contributed by atoms with Crippen LogP contribution in [-0.2, 0) is 67.5 Å². The van der Waals surface area contributed by atoms with Gasteiger partial charge in [-0.25, -0.2) is 26.3 Å². The third kappa shape index (κ3) is 17.0. The number of carbonyl (C=O) groups is 3. The fourth-order valence-electron chi connectivity index (χ4n) is 19.5. The Bertz CT molecular complexity index is 4230. The number of carbonyl (C=O) groups excluding carboxylic acids is 3. The summed E-state index contributed by atoms with van der Waals surface area (Å²) >= 11 is 12.9. The van der Waals surface area contributed by atoms with E-state index in [1.54, 1.807) is 38.1 Å². The zero-order valence-corrected chi connectivity index (χ0v) is 67.7. The summed E-state index contributed by atoms with van der Waals surface area (Å²) in [5, 5.41) is 3.20. The molecule has 8 heterocycles. The van der Waals surface area contributed by atoms with Crippen LogP contribution in [0.5, 0.6) is 11.5 Å². The van der Waals surface area contributed by atoms with Crippen LogP contribution in [0, 0.1) is 35.5 Å². The standard InChI is InChI=1S/C42H57ClN4O6S.C35H43ClN2O6S.C7H14N2O/c1-4-53-42(27-45-17-19-46(20-18-45)35-24-51-25-35)16-5-7-29(2)30(3)54(49,50)44-40(48)32-10-14-39-38(22-32)47(23-33-9-12-37(33)42)26-41(28-52-39)15-6-8-31-21-34(43)11-13-36(31)41;1-4-44-35(21-39)16-5-7-23(2)24(3)45(41,42)37-33(40)26-10-14-32-31(18-26)38(19-27-9-12-30(27)35)20-34(22-43-32)15-6-8-25-17-28(36)11-13-29(25)34;1-3-8-4-2-7(1)9-5-10-6-9/h5,10-11,13-14,16,21-22,29-30,33,35,37H,4,6-9,12,15,17-20,23-28H2,1-3H3,(H,44,48);5,10-11,13-14,16-18,21,23-24,27,30H,4,6-9,12,15,19-20,22H2,1-3H3,(H,37,40);7-8H,1-6H2/b2*16-5+;/t29-,30+,33-,37+,41-,42-;23-,24+,27-,30+,34-,35-;/m00./s1. The average molecular weight is 1580 g/mol. The number of sulfonamides is 2. The molecule has 6 fully saturated rings. The van der Waals surface area contributed by atoms with Crippen molar-refractivity contribution in [2.45, 2.75) is 176 Å². The van der Waals surface area contributed by atoms with Gasteiger partial charge in [0.15, 0.2) is 6.29 Å². The van der Waals surface area contributed by atoms with E-state index in [2.05, 4.69) is 82.6 Å². The van der Waals surface area contributed by atoms with E-state index in [9.17, 15) is 31.2 Å². The highest BCUT2D eigenvalue weighted by molar-refractivity contribution is 7.91. The number of hydrogen-bond donors (Lipinski definition) is 3. The van der Waals surface area contributed by atoms with Crippen molar-refractivity contribution < 1.29 is 59.6 Å². The van der Waals surface area contributed by atoms with Gasteiger partial charge in [-0.1, -0.05) is 67.4 Å². The Hall–Kier alpha value is -5.67. The number of nitrogens with one attached hydrogen (secondary N) is 3. The number of fused-ring (bicyclic) bond motifs is 8. The van der Waals surface area contributed by atoms with Crippen molar-refractivity contribution in [1.82, 2.24) is 29.5 Å². The SMILES string of the molecule is C1CC(N2COC2)CCN1.CCO[C@]1(C=O)/C=C/C[C@H](C)[C@@H](C)S(=O)(=O)NC(=O)c2ccc3c(c2)N(C[C@@H]2CC[C@H]21)C[C@@]1(CCCc2cc(Cl)ccc21)CO3.CCO[C@]1(CN2CCN(C3COC3)CC2)/C=C/C[C@H](C)[C@@H](C)S(=O)(=O)NC(=O)c2ccc3c(c2)N(C[C@@H]2CC[C@H]21)C[C@@]1(CCCc2cc(Cl)ccc21)CO3. The molecule has 4 aromatic rings. The molecule has 4 aromatic carbocycles. The highest BCUT2D eigenvalue weighted by Gasteiger charge is 2.53. The molecule has 2 saturated carbocycles. The number of piperazine rings is 1. The van der Waals surface area contributed by atoms with Crippen LogP contribution in [0.2, 0.25) is 10.0 Å². The highest BCUT2D eigenvalue weighted by atomic mass is 35.5. The molecule has 0 aromatic heterocycles. The molecule has 0 unspecified atom stereocenters. The Morgan fingerprint density at radius 2 is 1.10 bits per heavy atom. The number of halogens is 2. The molecule has 12 atom stereocenters. The van der Waals surface area contributed by atoms with Crippen LogP contribution < -0.4 is 34.0 Å². The largest absolute Gasteiger partial charge is 0.490 e. The van der Waals surface area contributed by atoms with Gasteiger partial charge < -0.3 is 43.5 Å². The molecule has 4 bridgehead atoms. The first-order valence-electron chi connectivity index (χ1n) is 40.4. The lowest BCUT2D eigenvalue weighted by Crippen LogP contribution is -2.61. The number of nitrogens with zero attached hydrogens (tertiary/aromatic N) is 5. The van der Waals surface area contributed by atoms with E-state index in [1.165, 1.54) is 48.2 Å². The first kappa shape index (κ1) is 80.0. The quantitative estimate of drug-likeness (QED) is 0.105. The Balaban J connectivity index is 0.000000163.